The number of hydrogen-bond acceptors (Lipinski definition) is 4. The molecule has 0 atom stereocenters. The van der Waals surface area contributed by atoms with Crippen molar-refractivity contribution >= 4 is 47.0 Å². The first kappa shape index (κ1) is 31.3. The van der Waals surface area contributed by atoms with Gasteiger partial charge >= 0.3 is 253 Å². The van der Waals surface area contributed by atoms with Gasteiger partial charge in [0.2, 0.25) is 0 Å². The van der Waals surface area contributed by atoms with Crippen molar-refractivity contribution in [2.45, 2.75) is 115 Å². The van der Waals surface area contributed by atoms with Crippen molar-refractivity contribution in [3.63, 3.8) is 0 Å². The molecule has 6 nitrogen and oxygen atoms in total. The van der Waals surface area contributed by atoms with Crippen LogP contribution in [0.5, 0.6) is 0 Å². The molecule has 8 heteroatoms. The van der Waals surface area contributed by atoms with Crippen molar-refractivity contribution in [1.29, 1.82) is 0 Å². The molecular formula is C32H46N4O2Se2. The van der Waals surface area contributed by atoms with Crippen LogP contribution in [0.3, 0.4) is 0 Å². The van der Waals surface area contributed by atoms with E-state index in [2.05, 4.69) is 88.8 Å². The molecule has 0 aromatic heterocycles. The summed E-state index contributed by atoms with van der Waals surface area (Å²) in [6.07, 6.45) is 3.58. The molecule has 0 spiro atoms. The second kappa shape index (κ2) is 11.9. The van der Waals surface area contributed by atoms with Gasteiger partial charge in [0, 0.05) is 0 Å². The minimum absolute atomic E-state index is 0.00828. The predicted molar refractivity (Wildman–Crippen MR) is 167 cm³/mol. The molecule has 0 saturated carbocycles. The first-order chi connectivity index (χ1) is 18.5. The molecule has 2 fully saturated rings. The number of piperidine rings is 2. The molecule has 218 valence electrons. The Morgan fingerprint density at radius 2 is 0.900 bits per heavy atom. The SMILES string of the molecule is CC1(C)CC(NC(=O)c2ccccc2[Se][Se]c2ccccc2C(=O)NC2CC(C)(C)NC(C)(C)C2)CC(C)(C)N1. The standard InChI is InChI=1S/C32H46N4O2Se2/c1-29(2)17-21(18-30(3,4)35-29)33-27(37)23-13-9-11-15-25(23)39-40-26-16-12-10-14-24(26)28(38)34-22-19-31(5,6)36-32(7,8)20-22/h9-16,21-22,35-36H,17-20H2,1-8H3,(H,33,37)(H,34,38). The molecule has 2 aromatic carbocycles. The van der Waals surface area contributed by atoms with Crippen LogP contribution in [0.4, 0.5) is 0 Å². The molecule has 4 rings (SSSR count). The molecule has 40 heavy (non-hydrogen) atoms. The van der Waals surface area contributed by atoms with Crippen molar-refractivity contribution in [3.05, 3.63) is 59.7 Å². The summed E-state index contributed by atoms with van der Waals surface area (Å²) in [6, 6.07) is 16.2. The topological polar surface area (TPSA) is 82.3 Å². The monoisotopic (exact) mass is 678 g/mol. The Morgan fingerprint density at radius 1 is 0.600 bits per heavy atom. The van der Waals surface area contributed by atoms with E-state index in [-0.39, 0.29) is 72.3 Å². The van der Waals surface area contributed by atoms with Crippen molar-refractivity contribution in [3.8, 4) is 0 Å². The van der Waals surface area contributed by atoms with Gasteiger partial charge in [0.05, 0.1) is 0 Å². The average Bonchev–Trinajstić information content (AvgIpc) is 2.79. The summed E-state index contributed by atoms with van der Waals surface area (Å²) in [4.78, 5) is 27.0. The van der Waals surface area contributed by atoms with Gasteiger partial charge in [0.1, 0.15) is 0 Å². The summed E-state index contributed by atoms with van der Waals surface area (Å²) in [7, 11) is 0. The Bertz CT molecular complexity index is 1110. The maximum atomic E-state index is 13.5. The van der Waals surface area contributed by atoms with Gasteiger partial charge < -0.3 is 0 Å². The van der Waals surface area contributed by atoms with E-state index in [0.29, 0.717) is 0 Å². The molecule has 0 aliphatic carbocycles. The van der Waals surface area contributed by atoms with Gasteiger partial charge in [-0.05, 0) is 0 Å². The third-order valence-corrected chi connectivity index (χ3v) is 14.8. The Labute approximate surface area is 251 Å². The fourth-order valence-corrected chi connectivity index (χ4v) is 14.0. The number of amides is 2. The summed E-state index contributed by atoms with van der Waals surface area (Å²) in [5.41, 5.74) is 1.40. The zero-order chi connectivity index (χ0) is 29.3. The van der Waals surface area contributed by atoms with Crippen molar-refractivity contribution < 1.29 is 9.59 Å². The van der Waals surface area contributed by atoms with E-state index in [0.717, 1.165) is 45.7 Å². The number of benzene rings is 2. The molecule has 2 aliphatic heterocycles. The third kappa shape index (κ3) is 8.44. The second-order valence-electron chi connectivity index (χ2n) is 14.1. The van der Waals surface area contributed by atoms with Gasteiger partial charge in [-0.15, -0.1) is 0 Å². The molecule has 2 aliphatic rings. The van der Waals surface area contributed by atoms with Crippen LogP contribution >= 0.6 is 0 Å². The van der Waals surface area contributed by atoms with Crippen molar-refractivity contribution in [2.24, 2.45) is 0 Å². The third-order valence-electron chi connectivity index (χ3n) is 7.54. The van der Waals surface area contributed by atoms with Crippen LogP contribution in [-0.4, -0.2) is 72.3 Å². The molecule has 0 radical (unpaired) electrons. The normalized spacial score (nSPS) is 21.9. The van der Waals surface area contributed by atoms with E-state index in [4.69, 9.17) is 0 Å². The molecule has 0 unspecified atom stereocenters. The Morgan fingerprint density at radius 3 is 1.23 bits per heavy atom. The number of rotatable bonds is 7. The van der Waals surface area contributed by atoms with E-state index >= 15 is 0 Å². The quantitative estimate of drug-likeness (QED) is 0.340. The van der Waals surface area contributed by atoms with Gasteiger partial charge in [-0.2, -0.15) is 0 Å². The van der Waals surface area contributed by atoms with Crippen LogP contribution in [-0.2, 0) is 0 Å². The number of carbonyl (C=O) groups excluding carboxylic acids is 2. The van der Waals surface area contributed by atoms with E-state index in [9.17, 15) is 9.59 Å². The van der Waals surface area contributed by atoms with Gasteiger partial charge in [0.25, 0.3) is 0 Å². The molecule has 0 bridgehead atoms. The zero-order valence-electron chi connectivity index (χ0n) is 25.2. The van der Waals surface area contributed by atoms with Gasteiger partial charge in [0.15, 0.2) is 0 Å². The van der Waals surface area contributed by atoms with Crippen LogP contribution in [0, 0.1) is 0 Å². The van der Waals surface area contributed by atoms with Crippen LogP contribution in [0.25, 0.3) is 0 Å². The summed E-state index contributed by atoms with van der Waals surface area (Å²) in [5, 5.41) is 14.1. The van der Waals surface area contributed by atoms with Gasteiger partial charge in [-0.25, -0.2) is 0 Å². The van der Waals surface area contributed by atoms with E-state index in [1.54, 1.807) is 0 Å². The summed E-state index contributed by atoms with van der Waals surface area (Å²) >= 11 is 0.117. The zero-order valence-corrected chi connectivity index (χ0v) is 28.7. The number of carbonyl (C=O) groups is 2. The Balaban J connectivity index is 1.44. The van der Waals surface area contributed by atoms with Crippen LogP contribution < -0.4 is 30.2 Å². The van der Waals surface area contributed by atoms with Crippen molar-refractivity contribution in [1.82, 2.24) is 21.3 Å². The molecule has 2 aromatic rings. The average molecular weight is 677 g/mol. The second-order valence-corrected chi connectivity index (χ2v) is 20.3. The van der Waals surface area contributed by atoms with E-state index in [1.807, 2.05) is 36.4 Å². The van der Waals surface area contributed by atoms with Gasteiger partial charge in [-0.1, -0.05) is 0 Å². The van der Waals surface area contributed by atoms with E-state index in [1.165, 1.54) is 0 Å². The van der Waals surface area contributed by atoms with Crippen LogP contribution in [0.1, 0.15) is 102 Å². The fourth-order valence-electron chi connectivity index (χ4n) is 6.92. The van der Waals surface area contributed by atoms with Crippen LogP contribution in [0.2, 0.25) is 0 Å². The van der Waals surface area contributed by atoms with E-state index < -0.39 is 0 Å². The first-order valence-electron chi connectivity index (χ1n) is 14.3. The number of nitrogens with one attached hydrogen (secondary N) is 4. The number of hydrogen-bond donors (Lipinski definition) is 4. The molecular weight excluding hydrogens is 630 g/mol. The first-order valence-corrected chi connectivity index (χ1v) is 20.3. The van der Waals surface area contributed by atoms with Crippen molar-refractivity contribution in [2.75, 3.05) is 0 Å². The maximum absolute atomic E-state index is 13.5. The van der Waals surface area contributed by atoms with Gasteiger partial charge in [-0.3, -0.25) is 0 Å². The molecule has 2 heterocycles. The minimum atomic E-state index is -0.0316. The molecule has 4 N–H and O–H groups in total. The summed E-state index contributed by atoms with van der Waals surface area (Å²) in [6.45, 7) is 17.6. The van der Waals surface area contributed by atoms with Crippen LogP contribution in [0.15, 0.2) is 48.5 Å². The fraction of sp³-hybridized carbons (Fsp3) is 0.562. The summed E-state index contributed by atoms with van der Waals surface area (Å²) < 4.78 is 2.19. The summed E-state index contributed by atoms with van der Waals surface area (Å²) in [5.74, 6) is 0.0166. The molecule has 2 amide bonds. The molecule has 2 saturated heterocycles. The Kier molecular flexibility index (Phi) is 9.31. The Hall–Kier alpha value is -1.66. The predicted octanol–water partition coefficient (Wildman–Crippen LogP) is 3.04.